The largest absolute Gasteiger partial charge is 0.427 e. The number of benzene rings is 2. The molecule has 0 unspecified atom stereocenters. The molecule has 0 fully saturated rings. The second-order valence-corrected chi connectivity index (χ2v) is 6.67. The number of anilines is 1. The Morgan fingerprint density at radius 2 is 1.82 bits per heavy atom. The minimum Gasteiger partial charge on any atom is -0.427 e. The second kappa shape index (κ2) is 7.20. The Morgan fingerprint density at radius 3 is 2.50 bits per heavy atom. The van der Waals surface area contributed by atoms with Gasteiger partial charge in [0.1, 0.15) is 11.6 Å². The predicted octanol–water partition coefficient (Wildman–Crippen LogP) is 3.77. The molecule has 0 atom stereocenters. The Bertz CT molecular complexity index is 1170. The van der Waals surface area contributed by atoms with Crippen LogP contribution in [0.4, 0.5) is 10.3 Å². The summed E-state index contributed by atoms with van der Waals surface area (Å²) < 4.78 is 19.7. The normalized spacial score (nSPS) is 10.8. The molecule has 0 bridgehead atoms. The highest BCUT2D eigenvalue weighted by atomic mass is 32.1. The van der Waals surface area contributed by atoms with Crippen LogP contribution in [0.5, 0.6) is 5.75 Å². The number of ether oxygens (including phenoxy) is 1. The van der Waals surface area contributed by atoms with Gasteiger partial charge in [0, 0.05) is 23.4 Å². The first kappa shape index (κ1) is 17.8. The smallest absolute Gasteiger partial charge is 0.308 e. The van der Waals surface area contributed by atoms with E-state index in [1.54, 1.807) is 16.6 Å². The molecule has 0 aliphatic rings. The summed E-state index contributed by atoms with van der Waals surface area (Å²) in [6, 6.07) is 12.2. The van der Waals surface area contributed by atoms with Gasteiger partial charge in [0.2, 0.25) is 4.96 Å². The van der Waals surface area contributed by atoms with Crippen molar-refractivity contribution < 1.29 is 18.7 Å². The molecule has 1 amide bonds. The van der Waals surface area contributed by atoms with E-state index in [1.807, 2.05) is 5.38 Å². The molecule has 4 aromatic rings. The monoisotopic (exact) mass is 396 g/mol. The van der Waals surface area contributed by atoms with Crippen LogP contribution in [0.3, 0.4) is 0 Å². The van der Waals surface area contributed by atoms with Gasteiger partial charge in [0.25, 0.3) is 11.9 Å². The van der Waals surface area contributed by atoms with E-state index in [9.17, 15) is 14.0 Å². The number of nitrogens with one attached hydrogen (secondary N) is 1. The van der Waals surface area contributed by atoms with Crippen LogP contribution in [0.2, 0.25) is 0 Å². The SMILES string of the molecule is CC(=O)Oc1ccc(C(=O)Nc2nc3scc(-c4ccc(F)cc4)n3n2)cc1. The van der Waals surface area contributed by atoms with Gasteiger partial charge in [0.15, 0.2) is 0 Å². The number of nitrogens with zero attached hydrogens (tertiary/aromatic N) is 3. The van der Waals surface area contributed by atoms with Crippen molar-refractivity contribution in [3.8, 4) is 17.0 Å². The van der Waals surface area contributed by atoms with Gasteiger partial charge in [-0.2, -0.15) is 4.98 Å². The van der Waals surface area contributed by atoms with Crippen molar-refractivity contribution >= 4 is 34.1 Å². The van der Waals surface area contributed by atoms with Gasteiger partial charge >= 0.3 is 5.97 Å². The topological polar surface area (TPSA) is 85.6 Å². The van der Waals surface area contributed by atoms with Crippen molar-refractivity contribution in [2.24, 2.45) is 0 Å². The highest BCUT2D eigenvalue weighted by Gasteiger charge is 2.14. The molecule has 0 spiro atoms. The molecule has 2 heterocycles. The zero-order valence-electron chi connectivity index (χ0n) is 14.5. The van der Waals surface area contributed by atoms with Crippen molar-refractivity contribution in [1.29, 1.82) is 0 Å². The number of aromatic nitrogens is 3. The van der Waals surface area contributed by atoms with E-state index in [0.29, 0.717) is 16.3 Å². The average Bonchev–Trinajstić information content (AvgIpc) is 3.23. The molecule has 1 N–H and O–H groups in total. The fourth-order valence-electron chi connectivity index (χ4n) is 2.57. The zero-order valence-corrected chi connectivity index (χ0v) is 15.4. The lowest BCUT2D eigenvalue weighted by Crippen LogP contribution is -2.13. The van der Waals surface area contributed by atoms with Crippen LogP contribution in [0.25, 0.3) is 16.2 Å². The summed E-state index contributed by atoms with van der Waals surface area (Å²) >= 11 is 1.36. The van der Waals surface area contributed by atoms with Crippen LogP contribution in [0.1, 0.15) is 17.3 Å². The molecule has 0 aliphatic heterocycles. The number of carbonyl (C=O) groups excluding carboxylic acids is 2. The maximum atomic E-state index is 13.1. The number of carbonyl (C=O) groups is 2. The van der Waals surface area contributed by atoms with Gasteiger partial charge in [-0.15, -0.1) is 16.4 Å². The molecule has 28 heavy (non-hydrogen) atoms. The number of hydrogen-bond donors (Lipinski definition) is 1. The Labute approximate surface area is 162 Å². The maximum absolute atomic E-state index is 13.1. The first-order valence-corrected chi connectivity index (χ1v) is 9.07. The Hall–Kier alpha value is -3.59. The zero-order chi connectivity index (χ0) is 19.7. The number of esters is 1. The summed E-state index contributed by atoms with van der Waals surface area (Å²) in [5, 5.41) is 8.82. The number of thiazole rings is 1. The van der Waals surface area contributed by atoms with E-state index < -0.39 is 11.9 Å². The van der Waals surface area contributed by atoms with Gasteiger partial charge < -0.3 is 4.74 Å². The lowest BCUT2D eigenvalue weighted by Gasteiger charge is -2.03. The molecule has 0 saturated carbocycles. The summed E-state index contributed by atoms with van der Waals surface area (Å²) in [5.41, 5.74) is 1.91. The molecular weight excluding hydrogens is 383 g/mol. The molecule has 0 saturated heterocycles. The lowest BCUT2D eigenvalue weighted by atomic mass is 10.2. The van der Waals surface area contributed by atoms with E-state index >= 15 is 0 Å². The van der Waals surface area contributed by atoms with E-state index in [2.05, 4.69) is 15.4 Å². The van der Waals surface area contributed by atoms with Crippen LogP contribution >= 0.6 is 11.3 Å². The number of halogens is 1. The van der Waals surface area contributed by atoms with Crippen LogP contribution in [-0.4, -0.2) is 26.5 Å². The minimum atomic E-state index is -0.434. The van der Waals surface area contributed by atoms with Gasteiger partial charge in [-0.25, -0.2) is 8.91 Å². The quantitative estimate of drug-likeness (QED) is 0.419. The standard InChI is InChI=1S/C19H13FN4O3S/c1-11(25)27-15-8-4-13(5-9-15)17(26)21-18-22-19-24(23-18)16(10-28-19)12-2-6-14(20)7-3-12/h2-10H,1H3,(H,21,23,26). The van der Waals surface area contributed by atoms with Crippen molar-refractivity contribution in [3.05, 3.63) is 65.3 Å². The molecule has 7 nitrogen and oxygen atoms in total. The molecule has 2 aromatic carbocycles. The number of amides is 1. The van der Waals surface area contributed by atoms with E-state index in [4.69, 9.17) is 4.74 Å². The van der Waals surface area contributed by atoms with Crippen molar-refractivity contribution in [2.45, 2.75) is 6.92 Å². The summed E-state index contributed by atoms with van der Waals surface area (Å²) in [6.45, 7) is 1.30. The van der Waals surface area contributed by atoms with Crippen LogP contribution < -0.4 is 10.1 Å². The number of fused-ring (bicyclic) bond motifs is 1. The Balaban J connectivity index is 1.54. The Morgan fingerprint density at radius 1 is 1.11 bits per heavy atom. The van der Waals surface area contributed by atoms with Gasteiger partial charge in [0.05, 0.1) is 5.69 Å². The molecular formula is C19H13FN4O3S. The van der Waals surface area contributed by atoms with Crippen LogP contribution in [-0.2, 0) is 4.79 Å². The van der Waals surface area contributed by atoms with Gasteiger partial charge in [-0.05, 0) is 48.5 Å². The maximum Gasteiger partial charge on any atom is 0.308 e. The molecule has 0 radical (unpaired) electrons. The number of hydrogen-bond acceptors (Lipinski definition) is 6. The minimum absolute atomic E-state index is 0.157. The fourth-order valence-corrected chi connectivity index (χ4v) is 3.40. The van der Waals surface area contributed by atoms with E-state index in [0.717, 1.165) is 11.3 Å². The third kappa shape index (κ3) is 3.60. The molecule has 9 heteroatoms. The summed E-state index contributed by atoms with van der Waals surface area (Å²) in [4.78, 5) is 28.2. The Kier molecular flexibility index (Phi) is 4.58. The fraction of sp³-hybridized carbons (Fsp3) is 0.0526. The van der Waals surface area contributed by atoms with E-state index in [1.165, 1.54) is 54.7 Å². The predicted molar refractivity (Wildman–Crippen MR) is 102 cm³/mol. The lowest BCUT2D eigenvalue weighted by molar-refractivity contribution is -0.131. The van der Waals surface area contributed by atoms with Crippen molar-refractivity contribution in [3.63, 3.8) is 0 Å². The number of rotatable bonds is 4. The highest BCUT2D eigenvalue weighted by molar-refractivity contribution is 7.15. The van der Waals surface area contributed by atoms with Gasteiger partial charge in [-0.3, -0.25) is 14.9 Å². The summed E-state index contributed by atoms with van der Waals surface area (Å²) in [5.74, 6) is -0.633. The average molecular weight is 396 g/mol. The molecule has 4 rings (SSSR count). The highest BCUT2D eigenvalue weighted by Crippen LogP contribution is 2.26. The van der Waals surface area contributed by atoms with E-state index in [-0.39, 0.29) is 11.8 Å². The molecule has 140 valence electrons. The third-order valence-corrected chi connectivity index (χ3v) is 4.64. The van der Waals surface area contributed by atoms with Crippen LogP contribution in [0.15, 0.2) is 53.9 Å². The van der Waals surface area contributed by atoms with Gasteiger partial charge in [-0.1, -0.05) is 0 Å². The summed E-state index contributed by atoms with van der Waals surface area (Å²) in [7, 11) is 0. The molecule has 2 aromatic heterocycles. The van der Waals surface area contributed by atoms with Crippen molar-refractivity contribution in [1.82, 2.24) is 14.6 Å². The third-order valence-electron chi connectivity index (χ3n) is 3.83. The molecule has 0 aliphatic carbocycles. The first-order chi connectivity index (χ1) is 13.5. The van der Waals surface area contributed by atoms with Crippen molar-refractivity contribution in [2.75, 3.05) is 5.32 Å². The summed E-state index contributed by atoms with van der Waals surface area (Å²) in [6.07, 6.45) is 0. The first-order valence-electron chi connectivity index (χ1n) is 8.19. The second-order valence-electron chi connectivity index (χ2n) is 5.83. The van der Waals surface area contributed by atoms with Crippen LogP contribution in [0, 0.1) is 5.82 Å².